The fourth-order valence-electron chi connectivity index (χ4n) is 3.33. The summed E-state index contributed by atoms with van der Waals surface area (Å²) in [6.45, 7) is 4.63. The first-order valence-electron chi connectivity index (χ1n) is 9.89. The molecule has 1 fully saturated rings. The first kappa shape index (κ1) is 21.8. The molecule has 1 aromatic rings. The first-order chi connectivity index (χ1) is 13.5. The predicted octanol–water partition coefficient (Wildman–Crippen LogP) is 1.38. The molecule has 28 heavy (non-hydrogen) atoms. The van der Waals surface area contributed by atoms with E-state index in [9.17, 15) is 14.8 Å². The highest BCUT2D eigenvalue weighted by molar-refractivity contribution is 5.80. The number of carbonyl (C=O) groups excluding carboxylic acids is 2. The van der Waals surface area contributed by atoms with Crippen LogP contribution < -0.4 is 15.8 Å². The molecular formula is C18H31N7O3. The number of hydroxylamine groups is 2. The minimum atomic E-state index is -0.518. The van der Waals surface area contributed by atoms with Crippen LogP contribution in [0.25, 0.3) is 0 Å². The van der Waals surface area contributed by atoms with Crippen LogP contribution in [0.3, 0.4) is 0 Å². The number of aryl methyl sites for hydroxylation is 1. The van der Waals surface area contributed by atoms with Gasteiger partial charge in [0.1, 0.15) is 5.82 Å². The summed E-state index contributed by atoms with van der Waals surface area (Å²) in [5.41, 5.74) is 5.38. The highest BCUT2D eigenvalue weighted by atomic mass is 16.5. The van der Waals surface area contributed by atoms with Crippen LogP contribution in [0.2, 0.25) is 0 Å². The molecule has 156 valence electrons. The molecule has 0 bridgehead atoms. The first-order valence-corrected chi connectivity index (χ1v) is 9.89. The van der Waals surface area contributed by atoms with Crippen LogP contribution >= 0.6 is 0 Å². The van der Waals surface area contributed by atoms with Gasteiger partial charge in [-0.25, -0.2) is 5.06 Å². The normalized spacial score (nSPS) is 15.1. The summed E-state index contributed by atoms with van der Waals surface area (Å²) in [6, 6.07) is 0. The number of amides is 2. The van der Waals surface area contributed by atoms with Crippen LogP contribution in [-0.2, 0) is 16.0 Å². The topological polar surface area (TPSA) is 124 Å². The Bertz CT molecular complexity index is 652. The molecule has 0 aliphatic heterocycles. The number of carbonyl (C=O) groups is 2. The van der Waals surface area contributed by atoms with Gasteiger partial charge in [0, 0.05) is 20.0 Å². The molecule has 0 radical (unpaired) electrons. The predicted molar refractivity (Wildman–Crippen MR) is 105 cm³/mol. The highest BCUT2D eigenvalue weighted by Gasteiger charge is 2.27. The molecular weight excluding hydrogens is 362 g/mol. The molecule has 10 heteroatoms. The van der Waals surface area contributed by atoms with Gasteiger partial charge in [-0.2, -0.15) is 15.0 Å². The summed E-state index contributed by atoms with van der Waals surface area (Å²) >= 11 is 0. The Labute approximate surface area is 165 Å². The van der Waals surface area contributed by atoms with Crippen molar-refractivity contribution in [3.8, 4) is 0 Å². The number of rotatable bonds is 11. The average Bonchev–Trinajstić information content (AvgIpc) is 3.23. The number of aromatic nitrogens is 3. The molecule has 1 atom stereocenters. The Morgan fingerprint density at radius 1 is 1.29 bits per heavy atom. The Kier molecular flexibility index (Phi) is 8.37. The Morgan fingerprint density at radius 3 is 2.61 bits per heavy atom. The SMILES string of the molecule is CCc1nc(NNC(=O)[C@H](CC2CCCC2)CN(O)C=O)nc(N(C)CC)n1. The maximum absolute atomic E-state index is 12.7. The smallest absolute Gasteiger partial charge is 0.246 e. The van der Waals surface area contributed by atoms with E-state index in [-0.39, 0.29) is 18.4 Å². The summed E-state index contributed by atoms with van der Waals surface area (Å²) in [5, 5.41) is 10.1. The van der Waals surface area contributed by atoms with Gasteiger partial charge in [-0.05, 0) is 19.3 Å². The van der Waals surface area contributed by atoms with Crippen LogP contribution in [0.1, 0.15) is 51.8 Å². The number of anilines is 2. The second kappa shape index (κ2) is 10.7. The molecule has 1 aliphatic rings. The summed E-state index contributed by atoms with van der Waals surface area (Å²) < 4.78 is 0. The quantitative estimate of drug-likeness (QED) is 0.293. The van der Waals surface area contributed by atoms with Crippen molar-refractivity contribution in [2.24, 2.45) is 11.8 Å². The molecule has 0 aromatic carbocycles. The number of hydrazine groups is 1. The Balaban J connectivity index is 2.04. The number of hydrogen-bond acceptors (Lipinski definition) is 8. The lowest BCUT2D eigenvalue weighted by molar-refractivity contribution is -0.154. The molecule has 2 amide bonds. The lowest BCUT2D eigenvalue weighted by atomic mass is 9.92. The maximum atomic E-state index is 12.7. The van der Waals surface area contributed by atoms with Crippen molar-refractivity contribution in [2.45, 2.75) is 52.4 Å². The van der Waals surface area contributed by atoms with E-state index >= 15 is 0 Å². The third-order valence-electron chi connectivity index (χ3n) is 5.09. The molecule has 3 N–H and O–H groups in total. The fraction of sp³-hybridized carbons (Fsp3) is 0.722. The van der Waals surface area contributed by atoms with Crippen LogP contribution in [0.5, 0.6) is 0 Å². The molecule has 1 aromatic heterocycles. The van der Waals surface area contributed by atoms with Crippen molar-refractivity contribution in [1.29, 1.82) is 0 Å². The van der Waals surface area contributed by atoms with E-state index in [0.29, 0.717) is 42.0 Å². The molecule has 10 nitrogen and oxygen atoms in total. The molecule has 0 saturated heterocycles. The zero-order valence-corrected chi connectivity index (χ0v) is 16.9. The van der Waals surface area contributed by atoms with E-state index in [1.807, 2.05) is 25.8 Å². The largest absolute Gasteiger partial charge is 0.344 e. The van der Waals surface area contributed by atoms with Crippen molar-refractivity contribution in [1.82, 2.24) is 25.4 Å². The van der Waals surface area contributed by atoms with Gasteiger partial charge < -0.3 is 4.90 Å². The van der Waals surface area contributed by atoms with Crippen LogP contribution in [0, 0.1) is 11.8 Å². The summed E-state index contributed by atoms with van der Waals surface area (Å²) in [7, 11) is 1.88. The van der Waals surface area contributed by atoms with Crippen molar-refractivity contribution < 1.29 is 14.8 Å². The number of nitrogens with zero attached hydrogens (tertiary/aromatic N) is 5. The lowest BCUT2D eigenvalue weighted by Gasteiger charge is -2.22. The number of nitrogens with one attached hydrogen (secondary N) is 2. The van der Waals surface area contributed by atoms with Crippen molar-refractivity contribution in [3.63, 3.8) is 0 Å². The number of hydrogen-bond donors (Lipinski definition) is 3. The summed E-state index contributed by atoms with van der Waals surface area (Å²) in [5.74, 6) is 1.01. The minimum Gasteiger partial charge on any atom is -0.344 e. The third-order valence-corrected chi connectivity index (χ3v) is 5.09. The summed E-state index contributed by atoms with van der Waals surface area (Å²) in [6.07, 6.45) is 6.04. The van der Waals surface area contributed by atoms with E-state index in [2.05, 4.69) is 25.8 Å². The monoisotopic (exact) mass is 393 g/mol. The molecule has 1 aliphatic carbocycles. The van der Waals surface area contributed by atoms with Gasteiger partial charge in [-0.1, -0.05) is 32.6 Å². The van der Waals surface area contributed by atoms with E-state index < -0.39 is 5.92 Å². The van der Waals surface area contributed by atoms with Crippen LogP contribution in [-0.4, -0.2) is 57.7 Å². The van der Waals surface area contributed by atoms with Gasteiger partial charge >= 0.3 is 0 Å². The zero-order chi connectivity index (χ0) is 20.5. The van der Waals surface area contributed by atoms with Gasteiger partial charge in [0.15, 0.2) is 0 Å². The van der Waals surface area contributed by atoms with E-state index in [1.165, 1.54) is 0 Å². The van der Waals surface area contributed by atoms with E-state index in [0.717, 1.165) is 32.2 Å². The molecule has 0 unspecified atom stereocenters. The van der Waals surface area contributed by atoms with Crippen molar-refractivity contribution >= 4 is 24.2 Å². The van der Waals surface area contributed by atoms with Crippen LogP contribution in [0.4, 0.5) is 11.9 Å². The van der Waals surface area contributed by atoms with Gasteiger partial charge in [0.25, 0.3) is 0 Å². The molecule has 1 saturated carbocycles. The fourth-order valence-corrected chi connectivity index (χ4v) is 3.33. The van der Waals surface area contributed by atoms with Crippen LogP contribution in [0.15, 0.2) is 0 Å². The van der Waals surface area contributed by atoms with Gasteiger partial charge in [-0.3, -0.25) is 25.6 Å². The van der Waals surface area contributed by atoms with Gasteiger partial charge in [-0.15, -0.1) is 0 Å². The lowest BCUT2D eigenvalue weighted by Crippen LogP contribution is -2.41. The third kappa shape index (κ3) is 6.29. The zero-order valence-electron chi connectivity index (χ0n) is 16.9. The second-order valence-corrected chi connectivity index (χ2v) is 7.17. The van der Waals surface area contributed by atoms with Gasteiger partial charge in [0.05, 0.1) is 12.5 Å². The maximum Gasteiger partial charge on any atom is 0.246 e. The van der Waals surface area contributed by atoms with E-state index in [4.69, 9.17) is 0 Å². The molecule has 1 heterocycles. The Morgan fingerprint density at radius 2 is 2.00 bits per heavy atom. The Hall–Kier alpha value is -2.49. The second-order valence-electron chi connectivity index (χ2n) is 7.17. The molecule has 0 spiro atoms. The van der Waals surface area contributed by atoms with Crippen molar-refractivity contribution in [3.05, 3.63) is 5.82 Å². The van der Waals surface area contributed by atoms with Crippen molar-refractivity contribution in [2.75, 3.05) is 30.5 Å². The highest BCUT2D eigenvalue weighted by Crippen LogP contribution is 2.30. The summed E-state index contributed by atoms with van der Waals surface area (Å²) in [4.78, 5) is 38.3. The van der Waals surface area contributed by atoms with E-state index in [1.54, 1.807) is 0 Å². The average molecular weight is 393 g/mol. The standard InChI is InChI=1S/C18H31N7O3/c1-4-15-19-17(21-18(20-15)24(3)5-2)23-22-16(27)14(11-25(28)12-26)10-13-8-6-7-9-13/h12-14,28H,4-11H2,1-3H3,(H,22,27)(H,19,20,21,23)/t14-/m1/s1. The van der Waals surface area contributed by atoms with Gasteiger partial charge in [0.2, 0.25) is 24.2 Å². The minimum absolute atomic E-state index is 0.0469. The molecule has 2 rings (SSSR count).